The van der Waals surface area contributed by atoms with Gasteiger partial charge in [-0.05, 0) is 61.8 Å². The topological polar surface area (TPSA) is 92.2 Å². The van der Waals surface area contributed by atoms with Gasteiger partial charge < -0.3 is 14.2 Å². The van der Waals surface area contributed by atoms with E-state index in [1.807, 2.05) is 38.1 Å². The molecule has 1 aromatic carbocycles. The summed E-state index contributed by atoms with van der Waals surface area (Å²) in [6, 6.07) is 8.53. The molecular formula is C28H30N4O3. The van der Waals surface area contributed by atoms with Gasteiger partial charge in [-0.3, -0.25) is 4.79 Å². The summed E-state index contributed by atoms with van der Waals surface area (Å²) >= 11 is 0. The lowest BCUT2D eigenvalue weighted by atomic mass is 10.0. The van der Waals surface area contributed by atoms with Gasteiger partial charge in [0.15, 0.2) is 0 Å². The lowest BCUT2D eigenvalue weighted by Gasteiger charge is -2.27. The van der Waals surface area contributed by atoms with Crippen molar-refractivity contribution >= 4 is 11.5 Å². The maximum Gasteiger partial charge on any atom is 0.254 e. The zero-order chi connectivity index (χ0) is 24.7. The van der Waals surface area contributed by atoms with Gasteiger partial charge in [-0.15, -0.1) is 0 Å². The smallest absolute Gasteiger partial charge is 0.254 e. The number of likely N-dealkylation sites (tertiary alicyclic amines) is 1. The molecule has 1 saturated heterocycles. The van der Waals surface area contributed by atoms with E-state index in [0.29, 0.717) is 47.7 Å². The van der Waals surface area contributed by atoms with Crippen molar-refractivity contribution in [1.82, 2.24) is 15.0 Å². The number of nitrogens with zero attached hydrogens (tertiary/aromatic N) is 4. The van der Waals surface area contributed by atoms with Crippen molar-refractivity contribution in [2.24, 2.45) is 11.8 Å². The molecule has 180 valence electrons. The third-order valence-electron chi connectivity index (χ3n) is 6.71. The number of carbonyl (C=O) groups excluding carboxylic acids is 1. The molecule has 2 atom stereocenters. The van der Waals surface area contributed by atoms with Crippen molar-refractivity contribution in [1.29, 1.82) is 5.26 Å². The lowest BCUT2D eigenvalue weighted by molar-refractivity contribution is -0.129. The van der Waals surface area contributed by atoms with E-state index in [0.717, 1.165) is 24.1 Å². The van der Waals surface area contributed by atoms with Crippen LogP contribution in [-0.4, -0.2) is 33.6 Å². The Morgan fingerprint density at radius 2 is 2.09 bits per heavy atom. The molecule has 1 aromatic heterocycles. The molecule has 5 rings (SSSR count). The van der Waals surface area contributed by atoms with Crippen LogP contribution in [0.15, 0.2) is 52.3 Å². The van der Waals surface area contributed by atoms with Crippen LogP contribution in [0.3, 0.4) is 0 Å². The number of allylic oxidation sites excluding steroid dienone is 5. The van der Waals surface area contributed by atoms with Crippen molar-refractivity contribution in [2.45, 2.75) is 59.1 Å². The lowest BCUT2D eigenvalue weighted by Crippen LogP contribution is -2.31. The number of aromatic nitrogens is 2. The molecule has 1 aliphatic heterocycles. The fourth-order valence-electron chi connectivity index (χ4n) is 5.40. The first-order chi connectivity index (χ1) is 16.9. The Morgan fingerprint density at radius 3 is 2.83 bits per heavy atom. The molecule has 2 aliphatic carbocycles. The van der Waals surface area contributed by atoms with E-state index in [4.69, 9.17) is 14.2 Å². The zero-order valence-corrected chi connectivity index (χ0v) is 20.6. The number of rotatable bonds is 6. The molecule has 0 spiro atoms. The van der Waals surface area contributed by atoms with Gasteiger partial charge >= 0.3 is 0 Å². The van der Waals surface area contributed by atoms with Gasteiger partial charge in [0.05, 0.1) is 17.7 Å². The fraction of sp³-hybridized carbons (Fsp3) is 0.429. The summed E-state index contributed by atoms with van der Waals surface area (Å²) in [7, 11) is 0. The highest BCUT2D eigenvalue weighted by Crippen LogP contribution is 2.49. The second-order valence-electron chi connectivity index (χ2n) is 10.2. The van der Waals surface area contributed by atoms with E-state index in [9.17, 15) is 10.1 Å². The van der Waals surface area contributed by atoms with Crippen LogP contribution in [0, 0.1) is 23.2 Å². The molecule has 3 aliphatic rings. The molecular weight excluding hydrogens is 440 g/mol. The third kappa shape index (κ3) is 4.29. The Bertz CT molecular complexity index is 1290. The van der Waals surface area contributed by atoms with Crippen molar-refractivity contribution < 1.29 is 14.1 Å². The first-order valence-corrected chi connectivity index (χ1v) is 12.3. The number of hydrogen-bond donors (Lipinski definition) is 0. The van der Waals surface area contributed by atoms with Gasteiger partial charge in [0.25, 0.3) is 5.89 Å². The van der Waals surface area contributed by atoms with E-state index < -0.39 is 0 Å². The molecule has 0 bridgehead atoms. The summed E-state index contributed by atoms with van der Waals surface area (Å²) in [4.78, 5) is 19.4. The van der Waals surface area contributed by atoms with E-state index in [1.54, 1.807) is 6.08 Å². The van der Waals surface area contributed by atoms with Crippen molar-refractivity contribution in [3.63, 3.8) is 0 Å². The Morgan fingerprint density at radius 1 is 1.26 bits per heavy atom. The van der Waals surface area contributed by atoms with Gasteiger partial charge in [0.2, 0.25) is 11.7 Å². The second kappa shape index (κ2) is 9.18. The van der Waals surface area contributed by atoms with Crippen molar-refractivity contribution in [2.75, 3.05) is 6.54 Å². The highest BCUT2D eigenvalue weighted by molar-refractivity contribution is 5.81. The van der Waals surface area contributed by atoms with E-state index >= 15 is 0 Å². The molecule has 0 unspecified atom stereocenters. The van der Waals surface area contributed by atoms with Crippen LogP contribution < -0.4 is 0 Å². The molecule has 35 heavy (non-hydrogen) atoms. The summed E-state index contributed by atoms with van der Waals surface area (Å²) in [6.07, 6.45) is 7.49. The SMILES string of the molecule is CC(C)CN1C(=O)C[C@@H]2Cc3c(-c4noc(C5=CC(C#N)=C(OC(C)C)C=CC5)n4)cccc3[C@@H]21. The standard InChI is InChI=1S/C28H30N4O3/c1-16(2)15-32-25(33)13-19-12-23-21(26(19)32)8-6-9-22(23)27-30-28(35-31-27)18-7-5-10-24(34-17(3)4)20(11-18)14-29/h5-6,8-11,16-17,19,26H,7,12-13,15H2,1-4H3/t19-,26+/m0/s1. The van der Waals surface area contributed by atoms with Crippen molar-refractivity contribution in [3.05, 3.63) is 64.8 Å². The summed E-state index contributed by atoms with van der Waals surface area (Å²) in [5.41, 5.74) is 4.57. The normalized spacial score (nSPS) is 21.3. The van der Waals surface area contributed by atoms with Crippen LogP contribution in [0.1, 0.15) is 63.6 Å². The Hall–Kier alpha value is -3.66. The molecule has 0 saturated carbocycles. The summed E-state index contributed by atoms with van der Waals surface area (Å²) in [5.74, 6) is 2.45. The van der Waals surface area contributed by atoms with Gasteiger partial charge in [-0.2, -0.15) is 10.2 Å². The zero-order valence-electron chi connectivity index (χ0n) is 20.6. The predicted molar refractivity (Wildman–Crippen MR) is 131 cm³/mol. The average molecular weight is 471 g/mol. The Kier molecular flexibility index (Phi) is 6.06. The van der Waals surface area contributed by atoms with E-state index in [-0.39, 0.29) is 18.1 Å². The number of fused-ring (bicyclic) bond motifs is 3. The van der Waals surface area contributed by atoms with Crippen LogP contribution in [0.25, 0.3) is 17.0 Å². The molecule has 2 heterocycles. The molecule has 2 aromatic rings. The van der Waals surface area contributed by atoms with E-state index in [1.165, 1.54) is 11.1 Å². The number of carbonyl (C=O) groups is 1. The van der Waals surface area contributed by atoms with Crippen LogP contribution >= 0.6 is 0 Å². The minimum absolute atomic E-state index is 0.0330. The largest absolute Gasteiger partial charge is 0.490 e. The van der Waals surface area contributed by atoms with Gasteiger partial charge in [0.1, 0.15) is 11.8 Å². The van der Waals surface area contributed by atoms with Crippen LogP contribution in [-0.2, 0) is 16.0 Å². The van der Waals surface area contributed by atoms with E-state index in [2.05, 4.69) is 36.0 Å². The number of nitriles is 1. The summed E-state index contributed by atoms with van der Waals surface area (Å²) in [5, 5.41) is 14.0. The molecule has 1 amide bonds. The Labute approximate surface area is 205 Å². The monoisotopic (exact) mass is 470 g/mol. The quantitative estimate of drug-likeness (QED) is 0.562. The molecule has 7 nitrogen and oxygen atoms in total. The number of ether oxygens (including phenoxy) is 1. The van der Waals surface area contributed by atoms with Crippen LogP contribution in [0.2, 0.25) is 0 Å². The van der Waals surface area contributed by atoms with Crippen LogP contribution in [0.4, 0.5) is 0 Å². The van der Waals surface area contributed by atoms with Gasteiger partial charge in [-0.25, -0.2) is 0 Å². The Balaban J connectivity index is 1.47. The van der Waals surface area contributed by atoms with Gasteiger partial charge in [-0.1, -0.05) is 43.3 Å². The average Bonchev–Trinajstić information content (AvgIpc) is 3.46. The second-order valence-corrected chi connectivity index (χ2v) is 10.2. The summed E-state index contributed by atoms with van der Waals surface area (Å²) in [6.45, 7) is 8.93. The first kappa shape index (κ1) is 23.1. The minimum atomic E-state index is -0.0330. The minimum Gasteiger partial charge on any atom is -0.490 e. The maximum atomic E-state index is 12.7. The first-order valence-electron chi connectivity index (χ1n) is 12.3. The number of hydrogen-bond acceptors (Lipinski definition) is 6. The summed E-state index contributed by atoms with van der Waals surface area (Å²) < 4.78 is 11.5. The number of benzene rings is 1. The number of amides is 1. The highest BCUT2D eigenvalue weighted by Gasteiger charge is 2.46. The van der Waals surface area contributed by atoms with Gasteiger partial charge in [0, 0.05) is 24.1 Å². The predicted octanol–water partition coefficient (Wildman–Crippen LogP) is 5.38. The fourth-order valence-corrected chi connectivity index (χ4v) is 5.40. The molecule has 0 radical (unpaired) electrons. The van der Waals surface area contributed by atoms with Crippen LogP contribution in [0.5, 0.6) is 0 Å². The molecule has 0 N–H and O–H groups in total. The molecule has 1 fully saturated rings. The molecule has 7 heteroatoms. The third-order valence-corrected chi connectivity index (χ3v) is 6.71. The maximum absolute atomic E-state index is 12.7. The highest BCUT2D eigenvalue weighted by atomic mass is 16.5. The van der Waals surface area contributed by atoms with Crippen molar-refractivity contribution in [3.8, 4) is 17.5 Å².